The Balaban J connectivity index is 1.69. The van der Waals surface area contributed by atoms with Gasteiger partial charge in [-0.2, -0.15) is 5.26 Å². The summed E-state index contributed by atoms with van der Waals surface area (Å²) in [4.78, 5) is 29.6. The van der Waals surface area contributed by atoms with Crippen LogP contribution in [0.1, 0.15) is 40.2 Å². The predicted molar refractivity (Wildman–Crippen MR) is 122 cm³/mol. The third kappa shape index (κ3) is 4.26. The number of nitriles is 1. The maximum atomic E-state index is 12.7. The number of hydrogen-bond donors (Lipinski definition) is 1. The second kappa shape index (κ2) is 8.24. The van der Waals surface area contributed by atoms with Crippen LogP contribution in [-0.2, 0) is 4.74 Å². The van der Waals surface area contributed by atoms with Crippen LogP contribution in [0.3, 0.4) is 0 Å². The average Bonchev–Trinajstić information content (AvgIpc) is 3.11. The van der Waals surface area contributed by atoms with E-state index in [1.807, 2.05) is 34.6 Å². The molecule has 1 saturated heterocycles. The van der Waals surface area contributed by atoms with Crippen molar-refractivity contribution in [2.24, 2.45) is 0 Å². The number of anilines is 1. The molecule has 1 aliphatic heterocycles. The lowest BCUT2D eigenvalue weighted by atomic mass is 10.1. The first-order valence-electron chi connectivity index (χ1n) is 10.8. The van der Waals surface area contributed by atoms with Gasteiger partial charge in [0.2, 0.25) is 0 Å². The van der Waals surface area contributed by atoms with Gasteiger partial charge in [0.1, 0.15) is 34.7 Å². The summed E-state index contributed by atoms with van der Waals surface area (Å²) in [5, 5.41) is 20.5. The molecule has 1 unspecified atom stereocenters. The van der Waals surface area contributed by atoms with E-state index in [-0.39, 0.29) is 23.9 Å². The van der Waals surface area contributed by atoms with Crippen LogP contribution in [0.4, 0.5) is 10.6 Å². The van der Waals surface area contributed by atoms with Gasteiger partial charge >= 0.3 is 6.09 Å². The molecule has 1 aliphatic rings. The molecule has 0 aromatic carbocycles. The minimum Gasteiger partial charge on any atom is -0.505 e. The molecule has 0 saturated carbocycles. The van der Waals surface area contributed by atoms with E-state index in [4.69, 9.17) is 4.74 Å². The molecule has 1 amide bonds. The first-order valence-corrected chi connectivity index (χ1v) is 10.8. The zero-order valence-electron chi connectivity index (χ0n) is 19.3. The Morgan fingerprint density at radius 3 is 2.67 bits per heavy atom. The van der Waals surface area contributed by atoms with Gasteiger partial charge < -0.3 is 19.6 Å². The molecule has 2 atom stereocenters. The van der Waals surface area contributed by atoms with Gasteiger partial charge in [-0.15, -0.1) is 0 Å². The van der Waals surface area contributed by atoms with Crippen LogP contribution in [-0.4, -0.2) is 66.4 Å². The van der Waals surface area contributed by atoms with Crippen LogP contribution >= 0.6 is 0 Å². The monoisotopic (exact) mass is 449 g/mol. The summed E-state index contributed by atoms with van der Waals surface area (Å²) in [5.41, 5.74) is 0.368. The molecule has 0 aliphatic carbocycles. The molecule has 4 rings (SSSR count). The summed E-state index contributed by atoms with van der Waals surface area (Å²) in [6, 6.07) is 5.14. The van der Waals surface area contributed by atoms with Crippen LogP contribution in [0.5, 0.6) is 5.75 Å². The van der Waals surface area contributed by atoms with Crippen molar-refractivity contribution in [2.75, 3.05) is 18.0 Å². The van der Waals surface area contributed by atoms with Gasteiger partial charge in [-0.3, -0.25) is 4.57 Å². The molecule has 3 aromatic rings. The number of piperazine rings is 1. The Labute approximate surface area is 192 Å². The Morgan fingerprint density at radius 2 is 1.97 bits per heavy atom. The fourth-order valence-electron chi connectivity index (χ4n) is 4.04. The molecule has 1 N–H and O–H groups in total. The quantitative estimate of drug-likeness (QED) is 0.633. The highest BCUT2D eigenvalue weighted by Gasteiger charge is 2.36. The molecule has 0 bridgehead atoms. The number of ether oxygens (including phenoxy) is 1. The minimum absolute atomic E-state index is 0.0131. The number of nitrogens with zero attached hydrogens (tertiary/aromatic N) is 7. The smallest absolute Gasteiger partial charge is 0.410 e. The first-order chi connectivity index (χ1) is 15.6. The summed E-state index contributed by atoms with van der Waals surface area (Å²) in [7, 11) is 0. The predicted octanol–water partition coefficient (Wildman–Crippen LogP) is 3.23. The fraction of sp³-hybridized carbons (Fsp3) is 0.435. The van der Waals surface area contributed by atoms with Crippen molar-refractivity contribution >= 4 is 22.9 Å². The van der Waals surface area contributed by atoms with Gasteiger partial charge in [-0.25, -0.2) is 19.7 Å². The number of aromatic hydroxyl groups is 1. The highest BCUT2D eigenvalue weighted by molar-refractivity contribution is 5.94. The highest BCUT2D eigenvalue weighted by atomic mass is 16.6. The van der Waals surface area contributed by atoms with Crippen LogP contribution in [0.2, 0.25) is 0 Å². The summed E-state index contributed by atoms with van der Waals surface area (Å²) in [6.45, 7) is 10.5. The molecule has 172 valence electrons. The lowest BCUT2D eigenvalue weighted by molar-refractivity contribution is 0.0130. The molecule has 0 radical (unpaired) electrons. The van der Waals surface area contributed by atoms with Crippen molar-refractivity contribution < 1.29 is 14.6 Å². The van der Waals surface area contributed by atoms with Crippen LogP contribution in [0.15, 0.2) is 30.9 Å². The maximum Gasteiger partial charge on any atom is 0.410 e. The van der Waals surface area contributed by atoms with Crippen molar-refractivity contribution in [3.63, 3.8) is 0 Å². The third-order valence-corrected chi connectivity index (χ3v) is 5.55. The lowest BCUT2D eigenvalue weighted by Gasteiger charge is -2.44. The number of carbonyl (C=O) groups excluding carboxylic acids is 1. The maximum absolute atomic E-state index is 12.7. The first kappa shape index (κ1) is 22.3. The number of carbonyl (C=O) groups is 1. The fourth-order valence-corrected chi connectivity index (χ4v) is 4.04. The number of aromatic nitrogens is 4. The number of amides is 1. The molecule has 33 heavy (non-hydrogen) atoms. The summed E-state index contributed by atoms with van der Waals surface area (Å²) in [5.74, 6) is 1.07. The second-order valence-corrected chi connectivity index (χ2v) is 9.28. The SMILES string of the molecule is CC1CN(C(=O)OC(C)(C)C)[C@@H](C)CN1c1ncnc2c1c(O)cn2-c1cc(C#N)ccn1. The second-order valence-electron chi connectivity index (χ2n) is 9.28. The van der Waals surface area contributed by atoms with Gasteiger partial charge in [0.25, 0.3) is 0 Å². The van der Waals surface area contributed by atoms with E-state index in [0.29, 0.717) is 41.3 Å². The number of fused-ring (bicyclic) bond motifs is 1. The third-order valence-electron chi connectivity index (χ3n) is 5.55. The number of rotatable bonds is 2. The number of pyridine rings is 1. The average molecular weight is 450 g/mol. The summed E-state index contributed by atoms with van der Waals surface area (Å²) in [6.07, 6.45) is 4.17. The molecule has 0 spiro atoms. The summed E-state index contributed by atoms with van der Waals surface area (Å²) < 4.78 is 7.21. The van der Waals surface area contributed by atoms with Crippen LogP contribution < -0.4 is 4.90 Å². The van der Waals surface area contributed by atoms with Crippen LogP contribution in [0, 0.1) is 11.3 Å². The van der Waals surface area contributed by atoms with E-state index >= 15 is 0 Å². The van der Waals surface area contributed by atoms with Gasteiger partial charge in [0.15, 0.2) is 5.65 Å². The Hall–Kier alpha value is -3.87. The molecule has 1 fully saturated rings. The van der Waals surface area contributed by atoms with E-state index in [1.54, 1.807) is 27.8 Å². The molecule has 10 heteroatoms. The van der Waals surface area contributed by atoms with Crippen molar-refractivity contribution in [1.29, 1.82) is 5.26 Å². The topological polar surface area (TPSA) is 120 Å². The molecule has 10 nitrogen and oxygen atoms in total. The zero-order valence-corrected chi connectivity index (χ0v) is 19.3. The van der Waals surface area contributed by atoms with Crippen LogP contribution in [0.25, 0.3) is 16.9 Å². The van der Waals surface area contributed by atoms with E-state index in [0.717, 1.165) is 0 Å². The normalized spacial score (nSPS) is 18.9. The van der Waals surface area contributed by atoms with Crippen molar-refractivity contribution in [3.05, 3.63) is 36.4 Å². The molecule has 4 heterocycles. The van der Waals surface area contributed by atoms with Crippen molar-refractivity contribution in [2.45, 2.75) is 52.3 Å². The Bertz CT molecular complexity index is 1240. The van der Waals surface area contributed by atoms with Gasteiger partial charge in [0, 0.05) is 31.4 Å². The lowest BCUT2D eigenvalue weighted by Crippen LogP contribution is -2.59. The Kier molecular flexibility index (Phi) is 5.57. The van der Waals surface area contributed by atoms with Crippen molar-refractivity contribution in [3.8, 4) is 17.6 Å². The zero-order chi connectivity index (χ0) is 23.9. The minimum atomic E-state index is -0.568. The molecular weight excluding hydrogens is 422 g/mol. The van der Waals surface area contributed by atoms with Gasteiger partial charge in [-0.05, 0) is 46.8 Å². The largest absolute Gasteiger partial charge is 0.505 e. The van der Waals surface area contributed by atoms with E-state index < -0.39 is 5.60 Å². The van der Waals surface area contributed by atoms with Crippen molar-refractivity contribution in [1.82, 2.24) is 24.4 Å². The standard InChI is InChI=1S/C23H27N7O3/c1-14-11-29(22(32)33-23(3,4)5)15(2)10-28(14)20-19-17(31)12-30(21(19)27-13-26-20)18-8-16(9-24)6-7-25-18/h6-8,12-15,31H,10-11H2,1-5H3/t14?,15-/m0/s1. The Morgan fingerprint density at radius 1 is 1.21 bits per heavy atom. The van der Waals surface area contributed by atoms with Gasteiger partial charge in [0.05, 0.1) is 17.8 Å². The highest BCUT2D eigenvalue weighted by Crippen LogP contribution is 2.36. The number of hydrogen-bond acceptors (Lipinski definition) is 8. The van der Waals surface area contributed by atoms with Gasteiger partial charge in [-0.1, -0.05) is 0 Å². The van der Waals surface area contributed by atoms with E-state index in [2.05, 4.69) is 25.9 Å². The van der Waals surface area contributed by atoms with E-state index in [9.17, 15) is 15.2 Å². The molecular formula is C23H27N7O3. The molecule has 3 aromatic heterocycles. The van der Waals surface area contributed by atoms with E-state index in [1.165, 1.54) is 12.5 Å². The summed E-state index contributed by atoms with van der Waals surface area (Å²) >= 11 is 0.